The molecule has 0 aromatic rings. The largest absolute Gasteiger partial charge is 0.481 e. The van der Waals surface area contributed by atoms with Crippen LogP contribution < -0.4 is 10.6 Å². The minimum Gasteiger partial charge on any atom is -0.481 e. The second kappa shape index (κ2) is 23.7. The van der Waals surface area contributed by atoms with Crippen molar-refractivity contribution in [3.05, 3.63) is 0 Å². The van der Waals surface area contributed by atoms with Crippen LogP contribution in [0.25, 0.3) is 0 Å². The molecule has 0 aromatic carbocycles. The molecule has 5 N–H and O–H groups in total. The highest BCUT2D eigenvalue weighted by atomic mass is 16.4. The van der Waals surface area contributed by atoms with Gasteiger partial charge in [0.15, 0.2) is 0 Å². The Bertz CT molecular complexity index is 669. The predicted molar refractivity (Wildman–Crippen MR) is 140 cm³/mol. The molecule has 0 bridgehead atoms. The van der Waals surface area contributed by atoms with Gasteiger partial charge in [-0.3, -0.25) is 19.2 Å². The highest BCUT2D eigenvalue weighted by Crippen LogP contribution is 2.14. The number of carbonyl (C=O) groups is 5. The van der Waals surface area contributed by atoms with Crippen molar-refractivity contribution in [2.45, 2.75) is 134 Å². The lowest BCUT2D eigenvalue weighted by Gasteiger charge is -2.14. The Morgan fingerprint density at radius 1 is 0.486 bits per heavy atom. The molecule has 0 rings (SSSR count). The summed E-state index contributed by atoms with van der Waals surface area (Å²) in [6, 6.07) is -1.17. The van der Waals surface area contributed by atoms with E-state index in [0.29, 0.717) is 6.42 Å². The molecule has 0 heterocycles. The SMILES string of the molecule is O=C(O)CCCCCCCCCCCCCCCCCCC(=O)N[C@@H](CCC(=O)NCC(=O)O)C(=O)O. The maximum absolute atomic E-state index is 12.0. The van der Waals surface area contributed by atoms with Crippen LogP contribution in [0.3, 0.4) is 0 Å². The first-order valence-electron chi connectivity index (χ1n) is 13.9. The summed E-state index contributed by atoms with van der Waals surface area (Å²) >= 11 is 0. The van der Waals surface area contributed by atoms with E-state index in [4.69, 9.17) is 10.2 Å². The van der Waals surface area contributed by atoms with E-state index in [0.717, 1.165) is 38.5 Å². The van der Waals surface area contributed by atoms with Crippen molar-refractivity contribution in [1.82, 2.24) is 10.6 Å². The fourth-order valence-corrected chi connectivity index (χ4v) is 4.10. The number of carbonyl (C=O) groups excluding carboxylic acids is 2. The van der Waals surface area contributed by atoms with Crippen LogP contribution in [0.4, 0.5) is 0 Å². The summed E-state index contributed by atoms with van der Waals surface area (Å²) in [6.07, 6.45) is 18.2. The quantitative estimate of drug-likeness (QED) is 0.101. The Morgan fingerprint density at radius 3 is 1.27 bits per heavy atom. The first-order chi connectivity index (χ1) is 17.7. The summed E-state index contributed by atoms with van der Waals surface area (Å²) in [5, 5.41) is 31.0. The molecule has 10 heteroatoms. The minimum atomic E-state index is -1.22. The highest BCUT2D eigenvalue weighted by molar-refractivity contribution is 5.85. The zero-order valence-electron chi connectivity index (χ0n) is 22.3. The number of carboxylic acids is 3. The zero-order chi connectivity index (χ0) is 27.7. The number of rotatable bonds is 26. The van der Waals surface area contributed by atoms with Gasteiger partial charge in [0.1, 0.15) is 12.6 Å². The van der Waals surface area contributed by atoms with E-state index in [2.05, 4.69) is 10.6 Å². The van der Waals surface area contributed by atoms with Crippen molar-refractivity contribution in [3.63, 3.8) is 0 Å². The average molecular weight is 529 g/mol. The molecule has 37 heavy (non-hydrogen) atoms. The summed E-state index contributed by atoms with van der Waals surface area (Å²) in [5.74, 6) is -4.02. The van der Waals surface area contributed by atoms with Gasteiger partial charge >= 0.3 is 17.9 Å². The van der Waals surface area contributed by atoms with Crippen LogP contribution in [0.5, 0.6) is 0 Å². The molecular weight excluding hydrogens is 480 g/mol. The Labute approximate surface area is 221 Å². The number of amides is 2. The van der Waals surface area contributed by atoms with Crippen LogP contribution in [0.2, 0.25) is 0 Å². The third-order valence-corrected chi connectivity index (χ3v) is 6.27. The van der Waals surface area contributed by atoms with Gasteiger partial charge in [0.2, 0.25) is 11.8 Å². The Kier molecular flexibility index (Phi) is 22.0. The number of carboxylic acid groups (broad SMARTS) is 3. The third-order valence-electron chi connectivity index (χ3n) is 6.27. The summed E-state index contributed by atoms with van der Waals surface area (Å²) < 4.78 is 0. The molecule has 0 aliphatic heterocycles. The van der Waals surface area contributed by atoms with Crippen LogP contribution in [0.1, 0.15) is 128 Å². The van der Waals surface area contributed by atoms with Crippen LogP contribution in [0, 0.1) is 0 Å². The van der Waals surface area contributed by atoms with Gasteiger partial charge in [0.25, 0.3) is 0 Å². The molecule has 0 aliphatic rings. The average Bonchev–Trinajstić information content (AvgIpc) is 2.84. The lowest BCUT2D eigenvalue weighted by atomic mass is 10.0. The fourth-order valence-electron chi connectivity index (χ4n) is 4.10. The topological polar surface area (TPSA) is 170 Å². The van der Waals surface area contributed by atoms with Gasteiger partial charge in [0.05, 0.1) is 0 Å². The molecule has 214 valence electrons. The molecule has 0 saturated heterocycles. The monoisotopic (exact) mass is 528 g/mol. The highest BCUT2D eigenvalue weighted by Gasteiger charge is 2.20. The van der Waals surface area contributed by atoms with E-state index in [1.807, 2.05) is 0 Å². The van der Waals surface area contributed by atoms with Gasteiger partial charge in [0, 0.05) is 19.3 Å². The van der Waals surface area contributed by atoms with E-state index >= 15 is 0 Å². The Balaban J connectivity index is 3.55. The molecule has 10 nitrogen and oxygen atoms in total. The molecule has 0 aromatic heterocycles. The normalized spacial score (nSPS) is 11.6. The van der Waals surface area contributed by atoms with Crippen molar-refractivity contribution in [1.29, 1.82) is 0 Å². The van der Waals surface area contributed by atoms with Crippen LogP contribution in [0.15, 0.2) is 0 Å². The Morgan fingerprint density at radius 2 is 0.892 bits per heavy atom. The van der Waals surface area contributed by atoms with Crippen molar-refractivity contribution < 1.29 is 39.3 Å². The van der Waals surface area contributed by atoms with Gasteiger partial charge in [-0.1, -0.05) is 89.9 Å². The predicted octanol–water partition coefficient (Wildman–Crippen LogP) is 4.64. The van der Waals surface area contributed by atoms with E-state index in [1.165, 1.54) is 57.8 Å². The summed E-state index contributed by atoms with van der Waals surface area (Å²) in [4.78, 5) is 55.7. The maximum Gasteiger partial charge on any atom is 0.326 e. The molecule has 0 fully saturated rings. The maximum atomic E-state index is 12.0. The third kappa shape index (κ3) is 24.8. The second-order valence-electron chi connectivity index (χ2n) is 9.72. The number of nitrogens with one attached hydrogen (secondary N) is 2. The van der Waals surface area contributed by atoms with Crippen LogP contribution in [-0.2, 0) is 24.0 Å². The second-order valence-corrected chi connectivity index (χ2v) is 9.72. The van der Waals surface area contributed by atoms with Crippen molar-refractivity contribution >= 4 is 29.7 Å². The number of hydrogen-bond acceptors (Lipinski definition) is 5. The van der Waals surface area contributed by atoms with Crippen molar-refractivity contribution in [3.8, 4) is 0 Å². The van der Waals surface area contributed by atoms with Crippen LogP contribution in [-0.4, -0.2) is 57.6 Å². The molecule has 0 saturated carbocycles. The summed E-state index contributed by atoms with van der Waals surface area (Å²) in [5.41, 5.74) is 0. The lowest BCUT2D eigenvalue weighted by Crippen LogP contribution is -2.41. The number of aliphatic carboxylic acids is 3. The van der Waals surface area contributed by atoms with Crippen LogP contribution >= 0.6 is 0 Å². The first-order valence-corrected chi connectivity index (χ1v) is 13.9. The molecule has 0 aliphatic carbocycles. The Hall–Kier alpha value is -2.65. The molecule has 0 unspecified atom stereocenters. The van der Waals surface area contributed by atoms with E-state index in [-0.39, 0.29) is 31.6 Å². The van der Waals surface area contributed by atoms with Crippen molar-refractivity contribution in [2.24, 2.45) is 0 Å². The van der Waals surface area contributed by atoms with E-state index in [9.17, 15) is 29.1 Å². The number of hydrogen-bond donors (Lipinski definition) is 5. The molecule has 2 amide bonds. The first kappa shape index (κ1) is 34.4. The molecule has 0 radical (unpaired) electrons. The van der Waals surface area contributed by atoms with E-state index < -0.39 is 36.4 Å². The fraction of sp³-hybridized carbons (Fsp3) is 0.815. The molecular formula is C27H48N2O8. The van der Waals surface area contributed by atoms with E-state index in [1.54, 1.807) is 0 Å². The molecule has 0 spiro atoms. The summed E-state index contributed by atoms with van der Waals surface area (Å²) in [6.45, 7) is -0.524. The van der Waals surface area contributed by atoms with Crippen molar-refractivity contribution in [2.75, 3.05) is 6.54 Å². The van der Waals surface area contributed by atoms with Gasteiger partial charge in [-0.05, 0) is 19.3 Å². The van der Waals surface area contributed by atoms with Gasteiger partial charge in [-0.25, -0.2) is 4.79 Å². The van der Waals surface area contributed by atoms with Gasteiger partial charge < -0.3 is 26.0 Å². The standard InChI is InChI=1S/C27H48N2O8/c30-23(28-21-26(34)35)20-19-22(27(36)37)29-24(31)17-15-13-11-9-7-5-3-1-2-4-6-8-10-12-14-16-18-25(32)33/h22H,1-21H2,(H,28,30)(H,29,31)(H,32,33)(H,34,35)(H,36,37)/t22-/m0/s1. The minimum absolute atomic E-state index is 0.0945. The van der Waals surface area contributed by atoms with Gasteiger partial charge in [-0.2, -0.15) is 0 Å². The number of unbranched alkanes of at least 4 members (excludes halogenated alkanes) is 15. The molecule has 1 atom stereocenters. The summed E-state index contributed by atoms with van der Waals surface area (Å²) in [7, 11) is 0. The van der Waals surface area contributed by atoms with Gasteiger partial charge in [-0.15, -0.1) is 0 Å². The lowest BCUT2D eigenvalue weighted by molar-refractivity contribution is -0.142. The zero-order valence-corrected chi connectivity index (χ0v) is 22.3. The smallest absolute Gasteiger partial charge is 0.326 e.